The van der Waals surface area contributed by atoms with Crippen LogP contribution in [0.2, 0.25) is 0 Å². The van der Waals surface area contributed by atoms with E-state index >= 15 is 0 Å². The van der Waals surface area contributed by atoms with Gasteiger partial charge < -0.3 is 0 Å². The quantitative estimate of drug-likeness (QED) is 0.0736. The van der Waals surface area contributed by atoms with Crippen LogP contribution in [0.4, 0.5) is 0 Å². The number of hydrogen-bond acceptors (Lipinski definition) is 5. The van der Waals surface area contributed by atoms with Gasteiger partial charge in [0.25, 0.3) is 0 Å². The van der Waals surface area contributed by atoms with Gasteiger partial charge >= 0.3 is 263 Å². The number of carbonyl (C=O) groups is 2. The maximum absolute atomic E-state index is 12.7. The molecule has 0 saturated carbocycles. The maximum atomic E-state index is 12.7. The minimum atomic E-state index is -3.13. The zero-order chi connectivity index (χ0) is 31.9. The van der Waals surface area contributed by atoms with E-state index in [0.29, 0.717) is 17.7 Å². The predicted octanol–water partition coefficient (Wildman–Crippen LogP) is 7.49. The zero-order valence-electron chi connectivity index (χ0n) is 26.2. The van der Waals surface area contributed by atoms with Crippen molar-refractivity contribution in [3.8, 4) is 17.2 Å². The molecule has 8 heteroatoms. The van der Waals surface area contributed by atoms with Crippen molar-refractivity contribution in [2.75, 3.05) is 34.0 Å². The topological polar surface area (TPSA) is 65.1 Å². The average Bonchev–Trinajstić information content (AvgIpc) is 3.34. The molecular weight excluding hydrogens is 649 g/mol. The molecule has 0 unspecified atom stereocenters. The Bertz CT molecular complexity index is 1470. The fourth-order valence-corrected chi connectivity index (χ4v) is 14.0. The van der Waals surface area contributed by atoms with E-state index in [1.54, 1.807) is 45.6 Å². The van der Waals surface area contributed by atoms with Crippen molar-refractivity contribution in [2.24, 2.45) is 0 Å². The molecule has 4 aromatic rings. The number of nitrogens with zero attached hydrogens (tertiary/aromatic N) is 1. The van der Waals surface area contributed by atoms with Crippen LogP contribution in [0.25, 0.3) is 0 Å². The number of hydrogen-bond donors (Lipinski definition) is 0. The molecule has 0 atom stereocenters. The van der Waals surface area contributed by atoms with Crippen LogP contribution >= 0.6 is 20.8 Å². The molecule has 1 heterocycles. The fourth-order valence-electron chi connectivity index (χ4n) is 6.34. The number of rotatable bonds is 15. The first-order valence-corrected chi connectivity index (χ1v) is 19.9. The molecule has 4 aromatic carbocycles. The summed E-state index contributed by atoms with van der Waals surface area (Å²) in [6, 6.07) is 32.5. The molecule has 0 radical (unpaired) electrons. The van der Waals surface area contributed by atoms with Gasteiger partial charge in [-0.2, -0.15) is 0 Å². The molecule has 0 N–H and O–H groups in total. The van der Waals surface area contributed by atoms with Crippen LogP contribution in [0, 0.1) is 0 Å². The molecule has 1 aliphatic rings. The van der Waals surface area contributed by atoms with Gasteiger partial charge in [0.1, 0.15) is 0 Å². The zero-order valence-corrected chi connectivity index (χ0v) is 28.7. The number of imide groups is 1. The van der Waals surface area contributed by atoms with Crippen LogP contribution in [-0.4, -0.2) is 50.8 Å². The Morgan fingerprint density at radius 3 is 1.27 bits per heavy atom. The van der Waals surface area contributed by atoms with Crippen molar-refractivity contribution < 1.29 is 23.8 Å². The van der Waals surface area contributed by atoms with Crippen molar-refractivity contribution in [2.45, 2.75) is 38.5 Å². The molecule has 0 aromatic heterocycles. The standard InChI is InChI=1S/C37H41BrNO5P/c1-42-28-14-20-31(21-15-28)45(38,32-22-16-29(43-2)17-23-32,33-24-18-30(44-3)19-25-33)27-11-7-5-4-6-10-26-39-36(40)34-12-8-9-13-35(34)37(39)41/h8-9,12-25H,4-7,10-11,26-27H2,1-3H3. The first kappa shape index (κ1) is 32.7. The molecule has 0 fully saturated rings. The van der Waals surface area contributed by atoms with Gasteiger partial charge in [-0.15, -0.1) is 0 Å². The molecule has 2 amide bonds. The number of amides is 2. The molecule has 0 spiro atoms. The van der Waals surface area contributed by atoms with Crippen molar-refractivity contribution in [1.82, 2.24) is 4.90 Å². The second kappa shape index (κ2) is 14.2. The number of benzene rings is 4. The molecule has 45 heavy (non-hydrogen) atoms. The van der Waals surface area contributed by atoms with E-state index in [1.165, 1.54) is 20.8 Å². The molecule has 0 bridgehead atoms. The van der Waals surface area contributed by atoms with Gasteiger partial charge in [-0.3, -0.25) is 0 Å². The van der Waals surface area contributed by atoms with Crippen LogP contribution in [0.15, 0.2) is 97.1 Å². The molecule has 1 aliphatic heterocycles. The predicted molar refractivity (Wildman–Crippen MR) is 188 cm³/mol. The summed E-state index contributed by atoms with van der Waals surface area (Å²) >= 11 is 4.55. The van der Waals surface area contributed by atoms with Gasteiger partial charge in [0, 0.05) is 0 Å². The van der Waals surface area contributed by atoms with Crippen molar-refractivity contribution in [3.05, 3.63) is 108 Å². The Labute approximate surface area is 274 Å². The van der Waals surface area contributed by atoms with E-state index in [4.69, 9.17) is 14.2 Å². The Kier molecular flexibility index (Phi) is 10.3. The third-order valence-corrected chi connectivity index (χ3v) is 19.0. The second-order valence-corrected chi connectivity index (χ2v) is 20.5. The van der Waals surface area contributed by atoms with Crippen LogP contribution in [0.1, 0.15) is 59.2 Å². The Morgan fingerprint density at radius 2 is 0.889 bits per heavy atom. The first-order chi connectivity index (χ1) is 21.8. The summed E-state index contributed by atoms with van der Waals surface area (Å²) in [6.45, 7) is 0.469. The average molecular weight is 691 g/mol. The van der Waals surface area contributed by atoms with Gasteiger partial charge in [0.2, 0.25) is 0 Å². The summed E-state index contributed by atoms with van der Waals surface area (Å²) in [4.78, 5) is 26.8. The molecule has 6 nitrogen and oxygen atoms in total. The summed E-state index contributed by atoms with van der Waals surface area (Å²) in [5.41, 5.74) is 1.04. The number of methoxy groups -OCH3 is 3. The number of halogens is 1. The van der Waals surface area contributed by atoms with E-state index in [1.807, 2.05) is 36.4 Å². The van der Waals surface area contributed by atoms with Crippen LogP contribution < -0.4 is 30.1 Å². The van der Waals surface area contributed by atoms with Crippen LogP contribution in [0.5, 0.6) is 17.2 Å². The van der Waals surface area contributed by atoms with Gasteiger partial charge in [-0.25, -0.2) is 0 Å². The van der Waals surface area contributed by atoms with E-state index < -0.39 is 5.31 Å². The number of carbonyl (C=O) groups excluding carboxylic acids is 2. The van der Waals surface area contributed by atoms with Gasteiger partial charge in [-0.1, -0.05) is 12.1 Å². The third-order valence-electron chi connectivity index (χ3n) is 8.92. The molecule has 236 valence electrons. The summed E-state index contributed by atoms with van der Waals surface area (Å²) in [5, 5.41) is 0.574. The summed E-state index contributed by atoms with van der Waals surface area (Å²) in [5.74, 6) is 2.12. The van der Waals surface area contributed by atoms with Gasteiger partial charge in [0.15, 0.2) is 0 Å². The van der Waals surface area contributed by atoms with Gasteiger partial charge in [0.05, 0.1) is 0 Å². The van der Waals surface area contributed by atoms with Crippen molar-refractivity contribution in [3.63, 3.8) is 0 Å². The molecule has 5 rings (SSSR count). The van der Waals surface area contributed by atoms with Crippen molar-refractivity contribution >= 4 is 48.5 Å². The second-order valence-electron chi connectivity index (χ2n) is 11.4. The summed E-state index contributed by atoms with van der Waals surface area (Å²) in [7, 11) is 5.07. The molecule has 0 saturated heterocycles. The summed E-state index contributed by atoms with van der Waals surface area (Å²) < 4.78 is 16.6. The SMILES string of the molecule is COc1ccc(P(Br)(CCCCCCCCN2C(=O)c3ccccc3C2=O)(c2ccc(OC)cc2)c2ccc(OC)cc2)cc1. The van der Waals surface area contributed by atoms with E-state index in [9.17, 15) is 9.59 Å². The number of ether oxygens (including phenoxy) is 3. The Morgan fingerprint density at radius 1 is 0.533 bits per heavy atom. The first-order valence-electron chi connectivity index (χ1n) is 15.5. The monoisotopic (exact) mass is 689 g/mol. The normalized spacial score (nSPS) is 13.7. The number of fused-ring (bicyclic) bond motifs is 1. The van der Waals surface area contributed by atoms with E-state index in [0.717, 1.165) is 61.9 Å². The van der Waals surface area contributed by atoms with E-state index in [-0.39, 0.29) is 11.8 Å². The van der Waals surface area contributed by atoms with Gasteiger partial charge in [-0.05, 0) is 0 Å². The van der Waals surface area contributed by atoms with Crippen molar-refractivity contribution in [1.29, 1.82) is 0 Å². The third kappa shape index (κ3) is 6.39. The minimum absolute atomic E-state index is 0.171. The number of unbranched alkanes of at least 4 members (excludes halogenated alkanes) is 5. The Balaban J connectivity index is 1.31. The fraction of sp³-hybridized carbons (Fsp3) is 0.297. The Hall–Kier alpha value is -3.67. The van der Waals surface area contributed by atoms with Crippen LogP contribution in [-0.2, 0) is 0 Å². The summed E-state index contributed by atoms with van der Waals surface area (Å²) in [6.07, 6.45) is 6.94. The van der Waals surface area contributed by atoms with Crippen LogP contribution in [0.3, 0.4) is 0 Å². The molecule has 0 aliphatic carbocycles. The molecular formula is C37H41BrNO5P. The van der Waals surface area contributed by atoms with E-state index in [2.05, 4.69) is 51.9 Å².